The minimum absolute atomic E-state index is 0.196. The molecule has 0 radical (unpaired) electrons. The van der Waals surface area contributed by atoms with E-state index in [0.29, 0.717) is 0 Å². The lowest BCUT2D eigenvalue weighted by molar-refractivity contribution is 0.722. The predicted octanol–water partition coefficient (Wildman–Crippen LogP) is 23.9. The van der Waals surface area contributed by atoms with Gasteiger partial charge in [0, 0.05) is 18.4 Å². The Morgan fingerprint density at radius 1 is 0.225 bits per heavy atom. The Morgan fingerprint density at radius 3 is 0.775 bits per heavy atom. The number of rotatable bonds is 2. The molecule has 0 saturated heterocycles. The van der Waals surface area contributed by atoms with Gasteiger partial charge in [-0.1, -0.05) is 333 Å². The van der Waals surface area contributed by atoms with E-state index in [1.54, 1.807) is 0 Å². The summed E-state index contributed by atoms with van der Waals surface area (Å²) in [5.41, 5.74) is 24.4. The Hall–Kier alpha value is -7.22. The average molecular weight is 1070 g/mol. The van der Waals surface area contributed by atoms with Crippen molar-refractivity contribution in [3.63, 3.8) is 0 Å². The molecule has 0 saturated carbocycles. The Bertz CT molecular complexity index is 3000. The molecule has 0 aromatic heterocycles. The highest BCUT2D eigenvalue weighted by Crippen LogP contribution is 2.61. The number of anilines is 2. The summed E-state index contributed by atoms with van der Waals surface area (Å²) >= 11 is 0. The maximum atomic E-state index is 2.44. The van der Waals surface area contributed by atoms with Gasteiger partial charge < -0.3 is 4.90 Å². The van der Waals surface area contributed by atoms with Crippen LogP contribution in [0.4, 0.5) is 11.4 Å². The fourth-order valence-corrected chi connectivity index (χ4v) is 11.5. The molecule has 80 heavy (non-hydrogen) atoms. The van der Waals surface area contributed by atoms with Crippen LogP contribution in [0.3, 0.4) is 0 Å². The van der Waals surface area contributed by atoms with Crippen LogP contribution in [0.25, 0.3) is 22.3 Å². The third-order valence-corrected chi connectivity index (χ3v) is 14.0. The summed E-state index contributed by atoms with van der Waals surface area (Å²) in [6.07, 6.45) is 1.98. The van der Waals surface area contributed by atoms with Crippen molar-refractivity contribution < 1.29 is 0 Å². The maximum Gasteiger partial charge on any atom is 0.0719 e. The fraction of sp³-hybridized carbons (Fsp3) is 0.316. The van der Waals surface area contributed by atoms with Crippen molar-refractivity contribution in [2.24, 2.45) is 0 Å². The Labute approximate surface area is 490 Å². The zero-order valence-corrected chi connectivity index (χ0v) is 53.6. The summed E-state index contributed by atoms with van der Waals surface area (Å²) in [5.74, 6) is 0. The number of hydrogen-bond acceptors (Lipinski definition) is 1. The van der Waals surface area contributed by atoms with Crippen LogP contribution < -0.4 is 4.90 Å². The molecule has 424 valence electrons. The smallest absolute Gasteiger partial charge is 0.0719 e. The van der Waals surface area contributed by atoms with Crippen molar-refractivity contribution in [2.75, 3.05) is 11.9 Å². The van der Waals surface area contributed by atoms with Gasteiger partial charge in [0.15, 0.2) is 0 Å². The normalized spacial score (nSPS) is 11.7. The third-order valence-electron chi connectivity index (χ3n) is 14.0. The van der Waals surface area contributed by atoms with Crippen LogP contribution in [0.15, 0.2) is 218 Å². The molecule has 9 aromatic carbocycles. The summed E-state index contributed by atoms with van der Waals surface area (Å²) in [5, 5.41) is 0. The molecule has 2 spiro atoms. The largest absolute Gasteiger partial charge is 0.345 e. The highest BCUT2D eigenvalue weighted by molar-refractivity contribution is 5.89. The average Bonchev–Trinajstić information content (AvgIpc) is 3.82. The number of fused-ring (bicyclic) bond motifs is 18. The molecule has 0 N–H and O–H groups in total. The van der Waals surface area contributed by atoms with Crippen molar-refractivity contribution in [3.05, 3.63) is 285 Å². The van der Waals surface area contributed by atoms with Crippen molar-refractivity contribution in [2.45, 2.75) is 162 Å². The Morgan fingerprint density at radius 2 is 0.463 bits per heavy atom. The molecule has 0 fully saturated rings. The van der Waals surface area contributed by atoms with Gasteiger partial charge in [-0.05, 0) is 126 Å². The van der Waals surface area contributed by atoms with Gasteiger partial charge in [-0.3, -0.25) is 0 Å². The van der Waals surface area contributed by atoms with Crippen LogP contribution in [0.2, 0.25) is 0 Å². The standard InChI is InChI=1S/C33H25N.C26H18.10C2H6/c1-34(25-12-3-2-4-13-25)26-20-19-24-21-23-11-5-8-16-29(23)33(32(24)22-26)30-17-9-6-14-27(30)28-15-7-10-18-31(28)33;1-5-13-22-18(9-1)17-19-10-2-6-14-23(19)26(22)24-15-7-3-11-20(24)21-12-4-8-16-25(21)26;10*1-2/h2-20,22H,21H2,1H3;1-16H,17H2;10*1-2H3. The molecule has 0 unspecified atom stereocenters. The van der Waals surface area contributed by atoms with E-state index in [4.69, 9.17) is 0 Å². The van der Waals surface area contributed by atoms with Crippen molar-refractivity contribution >= 4 is 11.4 Å². The predicted molar refractivity (Wildman–Crippen MR) is 361 cm³/mol. The zero-order valence-electron chi connectivity index (χ0n) is 53.6. The fourth-order valence-electron chi connectivity index (χ4n) is 11.5. The van der Waals surface area contributed by atoms with Crippen LogP contribution >= 0.6 is 0 Å². The third kappa shape index (κ3) is 13.0. The minimum Gasteiger partial charge on any atom is -0.345 e. The first-order valence-electron chi connectivity index (χ1n) is 31.2. The molecule has 0 aliphatic heterocycles. The van der Waals surface area contributed by atoms with Crippen LogP contribution in [0.1, 0.15) is 205 Å². The first kappa shape index (κ1) is 68.9. The van der Waals surface area contributed by atoms with Gasteiger partial charge in [-0.15, -0.1) is 0 Å². The minimum atomic E-state index is -0.301. The summed E-state index contributed by atoms with van der Waals surface area (Å²) in [6.45, 7) is 40.0. The molecule has 1 heteroatoms. The van der Waals surface area contributed by atoms with Crippen LogP contribution in [0, 0.1) is 0 Å². The van der Waals surface area contributed by atoms with Crippen molar-refractivity contribution in [1.82, 2.24) is 0 Å². The number of hydrogen-bond donors (Lipinski definition) is 0. The topological polar surface area (TPSA) is 3.24 Å². The van der Waals surface area contributed by atoms with Gasteiger partial charge in [-0.2, -0.15) is 0 Å². The van der Waals surface area contributed by atoms with Crippen LogP contribution in [-0.4, -0.2) is 7.05 Å². The Balaban J connectivity index is 0.000000424. The zero-order chi connectivity index (χ0) is 59.8. The highest BCUT2D eigenvalue weighted by atomic mass is 15.1. The van der Waals surface area contributed by atoms with Gasteiger partial charge in [0.25, 0.3) is 0 Å². The molecule has 0 atom stereocenters. The van der Waals surface area contributed by atoms with E-state index in [1.165, 1.54) is 100 Å². The SMILES string of the molecule is CC.CC.CC.CC.CC.CC.CC.CC.CC.CC.CN(c1ccccc1)c1ccc2c(c1)C1(c3ccccc3C2)c2ccccc2-c2ccccc21.c1ccc2c(c1)Cc1ccccc1C21c2ccccc2-c2ccccc21. The lowest BCUT2D eigenvalue weighted by Crippen LogP contribution is -2.34. The van der Waals surface area contributed by atoms with Gasteiger partial charge >= 0.3 is 0 Å². The van der Waals surface area contributed by atoms with E-state index in [0.717, 1.165) is 12.8 Å². The highest BCUT2D eigenvalue weighted by Gasteiger charge is 2.51. The number of nitrogens with zero attached hydrogens (tertiary/aromatic N) is 1. The van der Waals surface area contributed by atoms with E-state index in [-0.39, 0.29) is 10.8 Å². The van der Waals surface area contributed by atoms with E-state index in [9.17, 15) is 0 Å². The summed E-state index contributed by atoms with van der Waals surface area (Å²) in [4.78, 5) is 2.29. The van der Waals surface area contributed by atoms with Crippen molar-refractivity contribution in [3.8, 4) is 22.3 Å². The molecule has 4 aliphatic rings. The first-order valence-corrected chi connectivity index (χ1v) is 31.2. The van der Waals surface area contributed by atoms with Gasteiger partial charge in [-0.25, -0.2) is 0 Å². The number of benzene rings is 9. The lowest BCUT2D eigenvalue weighted by atomic mass is 9.61. The molecular formula is C79H103N. The second-order valence-corrected chi connectivity index (χ2v) is 16.7. The number of para-hydroxylation sites is 1. The molecule has 13 rings (SSSR count). The summed E-state index contributed by atoms with van der Waals surface area (Å²) in [7, 11) is 2.16. The van der Waals surface area contributed by atoms with E-state index in [1.807, 2.05) is 138 Å². The molecule has 0 bridgehead atoms. The molecule has 0 amide bonds. The van der Waals surface area contributed by atoms with E-state index in [2.05, 4.69) is 230 Å². The van der Waals surface area contributed by atoms with Gasteiger partial charge in [0.1, 0.15) is 0 Å². The van der Waals surface area contributed by atoms with E-state index >= 15 is 0 Å². The monoisotopic (exact) mass is 1070 g/mol. The quantitative estimate of drug-likeness (QED) is 0.167. The molecule has 9 aromatic rings. The Kier molecular flexibility index (Phi) is 31.1. The van der Waals surface area contributed by atoms with Crippen LogP contribution in [-0.2, 0) is 23.7 Å². The van der Waals surface area contributed by atoms with Gasteiger partial charge in [0.05, 0.1) is 10.8 Å². The second-order valence-electron chi connectivity index (χ2n) is 16.7. The maximum absolute atomic E-state index is 2.44. The molecular weight excluding hydrogens is 963 g/mol. The summed E-state index contributed by atoms with van der Waals surface area (Å²) < 4.78 is 0. The van der Waals surface area contributed by atoms with Gasteiger partial charge in [0.2, 0.25) is 0 Å². The summed E-state index contributed by atoms with van der Waals surface area (Å²) in [6, 6.07) is 80.7. The van der Waals surface area contributed by atoms with Crippen molar-refractivity contribution in [1.29, 1.82) is 0 Å². The lowest BCUT2D eigenvalue weighted by Gasteiger charge is -2.41. The first-order chi connectivity index (χ1) is 39.7. The molecule has 0 heterocycles. The van der Waals surface area contributed by atoms with Crippen LogP contribution in [0.5, 0.6) is 0 Å². The van der Waals surface area contributed by atoms with E-state index < -0.39 is 0 Å². The molecule has 1 nitrogen and oxygen atoms in total. The molecule has 4 aliphatic carbocycles. The second kappa shape index (κ2) is 36.1.